The Morgan fingerprint density at radius 2 is 2.15 bits per heavy atom. The number of nitrogens with one attached hydrogen (secondary N) is 1. The van der Waals surface area contributed by atoms with Gasteiger partial charge in [-0.1, -0.05) is 23.2 Å². The minimum Gasteiger partial charge on any atom is -0.318 e. The molecule has 3 rings (SSSR count). The molecule has 0 saturated carbocycles. The van der Waals surface area contributed by atoms with Crippen LogP contribution in [-0.2, 0) is 12.8 Å². The second-order valence-corrected chi connectivity index (χ2v) is 6.68. The number of thiophene rings is 1. The summed E-state index contributed by atoms with van der Waals surface area (Å²) >= 11 is 13.4. The number of nitrogens with zero attached hydrogens (tertiary/aromatic N) is 1. The lowest BCUT2D eigenvalue weighted by Crippen LogP contribution is -2.12. The van der Waals surface area contributed by atoms with Crippen molar-refractivity contribution in [3.05, 3.63) is 43.3 Å². The highest BCUT2D eigenvalue weighted by atomic mass is 35.5. The largest absolute Gasteiger partial charge is 0.318 e. The molecule has 1 aliphatic rings. The number of fused-ring (bicyclic) bond motifs is 1. The highest BCUT2D eigenvalue weighted by Gasteiger charge is 2.19. The van der Waals surface area contributed by atoms with Crippen molar-refractivity contribution in [1.82, 2.24) is 4.98 Å². The van der Waals surface area contributed by atoms with Crippen LogP contribution in [0.25, 0.3) is 0 Å². The molecule has 0 unspecified atom stereocenters. The van der Waals surface area contributed by atoms with Gasteiger partial charge in [-0.15, -0.1) is 11.3 Å². The third-order valence-corrected chi connectivity index (χ3v) is 5.05. The number of hydrogen-bond acceptors (Lipinski definition) is 3. The van der Waals surface area contributed by atoms with Crippen molar-refractivity contribution in [2.75, 3.05) is 5.32 Å². The molecule has 0 saturated heterocycles. The molecular weight excluding hydrogens is 315 g/mol. The lowest BCUT2D eigenvalue weighted by molar-refractivity contribution is 0.103. The number of carbonyl (C=O) groups excluding carboxylic acids is 1. The Hall–Kier alpha value is -1.10. The first-order chi connectivity index (χ1) is 9.54. The minimum atomic E-state index is -0.140. The molecule has 0 radical (unpaired) electrons. The molecule has 1 aliphatic carbocycles. The lowest BCUT2D eigenvalue weighted by Gasteiger charge is -2.09. The Kier molecular flexibility index (Phi) is 3.71. The van der Waals surface area contributed by atoms with Gasteiger partial charge >= 0.3 is 0 Å². The summed E-state index contributed by atoms with van der Waals surface area (Å²) in [6.07, 6.45) is 3.34. The van der Waals surface area contributed by atoms with E-state index < -0.39 is 0 Å². The van der Waals surface area contributed by atoms with Gasteiger partial charge in [0, 0.05) is 4.88 Å². The Labute approximate surface area is 130 Å². The third kappa shape index (κ3) is 2.55. The predicted octanol–water partition coefficient (Wildman–Crippen LogP) is 4.50. The summed E-state index contributed by atoms with van der Waals surface area (Å²) < 4.78 is 0. The zero-order chi connectivity index (χ0) is 14.3. The second-order valence-electron chi connectivity index (χ2n) is 4.79. The number of rotatable bonds is 2. The maximum atomic E-state index is 12.3. The van der Waals surface area contributed by atoms with Gasteiger partial charge in [0.25, 0.3) is 5.91 Å². The van der Waals surface area contributed by atoms with E-state index in [-0.39, 0.29) is 11.1 Å². The summed E-state index contributed by atoms with van der Waals surface area (Å²) in [5.41, 5.74) is 2.62. The SMILES string of the molecule is Cc1cc(Cl)nc(Cl)c1NC(=O)c1cc2c(s1)CCC2. The number of halogens is 2. The molecule has 0 fully saturated rings. The van der Waals surface area contributed by atoms with Crippen LogP contribution in [0.5, 0.6) is 0 Å². The van der Waals surface area contributed by atoms with Crippen LogP contribution in [0.15, 0.2) is 12.1 Å². The molecule has 104 valence electrons. The number of hydrogen-bond donors (Lipinski definition) is 1. The van der Waals surface area contributed by atoms with Crippen LogP contribution >= 0.6 is 34.5 Å². The van der Waals surface area contributed by atoms with E-state index in [1.807, 2.05) is 13.0 Å². The summed E-state index contributed by atoms with van der Waals surface area (Å²) in [4.78, 5) is 18.3. The molecule has 0 aliphatic heterocycles. The van der Waals surface area contributed by atoms with E-state index in [0.717, 1.165) is 23.3 Å². The van der Waals surface area contributed by atoms with E-state index in [0.29, 0.717) is 10.8 Å². The molecule has 0 aromatic carbocycles. The average Bonchev–Trinajstić information content (AvgIpc) is 2.93. The first-order valence-corrected chi connectivity index (χ1v) is 7.87. The molecular formula is C14H12Cl2N2OS. The summed E-state index contributed by atoms with van der Waals surface area (Å²) in [7, 11) is 0. The number of aromatic nitrogens is 1. The lowest BCUT2D eigenvalue weighted by atomic mass is 10.2. The minimum absolute atomic E-state index is 0.140. The zero-order valence-corrected chi connectivity index (χ0v) is 13.1. The number of pyridine rings is 1. The monoisotopic (exact) mass is 326 g/mol. The van der Waals surface area contributed by atoms with Crippen molar-refractivity contribution < 1.29 is 4.79 Å². The van der Waals surface area contributed by atoms with Crippen molar-refractivity contribution in [3.8, 4) is 0 Å². The molecule has 0 atom stereocenters. The van der Waals surface area contributed by atoms with E-state index in [1.165, 1.54) is 16.9 Å². The molecule has 3 nitrogen and oxygen atoms in total. The van der Waals surface area contributed by atoms with Crippen LogP contribution in [-0.4, -0.2) is 10.9 Å². The van der Waals surface area contributed by atoms with E-state index in [2.05, 4.69) is 10.3 Å². The van der Waals surface area contributed by atoms with Crippen molar-refractivity contribution in [1.29, 1.82) is 0 Å². The van der Waals surface area contributed by atoms with Gasteiger partial charge in [0.1, 0.15) is 5.15 Å². The van der Waals surface area contributed by atoms with E-state index >= 15 is 0 Å². The Morgan fingerprint density at radius 1 is 1.35 bits per heavy atom. The number of aryl methyl sites for hydroxylation is 3. The van der Waals surface area contributed by atoms with Crippen LogP contribution < -0.4 is 5.32 Å². The second kappa shape index (κ2) is 5.35. The maximum Gasteiger partial charge on any atom is 0.265 e. The fourth-order valence-electron chi connectivity index (χ4n) is 2.36. The molecule has 0 spiro atoms. The van der Waals surface area contributed by atoms with Crippen LogP contribution in [0.1, 0.15) is 32.1 Å². The molecule has 2 heterocycles. The van der Waals surface area contributed by atoms with Crippen molar-refractivity contribution >= 4 is 46.1 Å². The van der Waals surface area contributed by atoms with Crippen molar-refractivity contribution in [2.24, 2.45) is 0 Å². The Morgan fingerprint density at radius 3 is 2.85 bits per heavy atom. The Bertz CT molecular complexity index is 652. The third-order valence-electron chi connectivity index (χ3n) is 3.35. The highest BCUT2D eigenvalue weighted by Crippen LogP contribution is 2.32. The average molecular weight is 327 g/mol. The fourth-order valence-corrected chi connectivity index (χ4v) is 4.09. The standard InChI is InChI=1S/C14H12Cl2N2OS/c1-7-5-11(15)17-13(16)12(7)18-14(19)10-6-8-3-2-4-9(8)20-10/h5-6H,2-4H2,1H3,(H,18,19). The van der Waals surface area contributed by atoms with Crippen LogP contribution in [0.3, 0.4) is 0 Å². The zero-order valence-electron chi connectivity index (χ0n) is 10.8. The predicted molar refractivity (Wildman–Crippen MR) is 83.3 cm³/mol. The van der Waals surface area contributed by atoms with Gasteiger partial charge in [0.05, 0.1) is 10.6 Å². The molecule has 20 heavy (non-hydrogen) atoms. The van der Waals surface area contributed by atoms with Crippen LogP contribution in [0.2, 0.25) is 10.3 Å². The summed E-state index contributed by atoms with van der Waals surface area (Å²) in [6.45, 7) is 1.84. The summed E-state index contributed by atoms with van der Waals surface area (Å²) in [5, 5.41) is 3.36. The van der Waals surface area contributed by atoms with E-state index in [4.69, 9.17) is 23.2 Å². The molecule has 2 aromatic rings. The molecule has 2 aromatic heterocycles. The fraction of sp³-hybridized carbons (Fsp3) is 0.286. The topological polar surface area (TPSA) is 42.0 Å². The first-order valence-electron chi connectivity index (χ1n) is 6.30. The highest BCUT2D eigenvalue weighted by molar-refractivity contribution is 7.14. The van der Waals surface area contributed by atoms with Gasteiger partial charge in [-0.2, -0.15) is 0 Å². The van der Waals surface area contributed by atoms with Crippen LogP contribution in [0, 0.1) is 6.92 Å². The van der Waals surface area contributed by atoms with Gasteiger partial charge in [0.15, 0.2) is 5.15 Å². The molecule has 1 amide bonds. The van der Waals surface area contributed by atoms with E-state index in [1.54, 1.807) is 17.4 Å². The van der Waals surface area contributed by atoms with Gasteiger partial charge in [-0.3, -0.25) is 4.79 Å². The number of carbonyl (C=O) groups is 1. The number of anilines is 1. The van der Waals surface area contributed by atoms with Gasteiger partial charge in [0.2, 0.25) is 0 Å². The normalized spacial score (nSPS) is 13.3. The van der Waals surface area contributed by atoms with Crippen molar-refractivity contribution in [3.63, 3.8) is 0 Å². The summed E-state index contributed by atoms with van der Waals surface area (Å²) in [5.74, 6) is -0.140. The van der Waals surface area contributed by atoms with Gasteiger partial charge < -0.3 is 5.32 Å². The first kappa shape index (κ1) is 13.9. The molecule has 6 heteroatoms. The maximum absolute atomic E-state index is 12.3. The van der Waals surface area contributed by atoms with E-state index in [9.17, 15) is 4.79 Å². The van der Waals surface area contributed by atoms with Gasteiger partial charge in [-0.25, -0.2) is 4.98 Å². The van der Waals surface area contributed by atoms with Crippen LogP contribution in [0.4, 0.5) is 5.69 Å². The quantitative estimate of drug-likeness (QED) is 0.825. The molecule has 0 bridgehead atoms. The smallest absolute Gasteiger partial charge is 0.265 e. The Balaban J connectivity index is 1.85. The number of amides is 1. The summed E-state index contributed by atoms with van der Waals surface area (Å²) in [6, 6.07) is 3.66. The van der Waals surface area contributed by atoms with Gasteiger partial charge in [-0.05, 0) is 49.4 Å². The van der Waals surface area contributed by atoms with Crippen molar-refractivity contribution in [2.45, 2.75) is 26.2 Å². The molecule has 1 N–H and O–H groups in total.